The van der Waals surface area contributed by atoms with E-state index >= 15 is 4.39 Å². The molecule has 2 aromatic rings. The predicted molar refractivity (Wildman–Crippen MR) is 122 cm³/mol. The third-order valence-corrected chi connectivity index (χ3v) is 7.48. The number of anilines is 1. The lowest BCUT2D eigenvalue weighted by Crippen LogP contribution is -2.43. The Labute approximate surface area is 201 Å². The summed E-state index contributed by atoms with van der Waals surface area (Å²) in [6, 6.07) is 0.0507. The first kappa shape index (κ1) is 22.4. The van der Waals surface area contributed by atoms with Gasteiger partial charge in [0, 0.05) is 32.7 Å². The summed E-state index contributed by atoms with van der Waals surface area (Å²) in [5, 5.41) is 0.1000. The zero-order chi connectivity index (χ0) is 23.3. The second-order valence-corrected chi connectivity index (χ2v) is 10.1. The largest absolute Gasteiger partial charge is 0.474 e. The monoisotopic (exact) mass is 495 g/mol. The van der Waals surface area contributed by atoms with E-state index in [1.165, 1.54) is 0 Å². The second kappa shape index (κ2) is 8.87. The number of pyridine rings is 1. The molecular weight excluding hydrogens is 468 g/mol. The van der Waals surface area contributed by atoms with E-state index in [1.54, 1.807) is 0 Å². The Balaban J connectivity index is 1.40. The molecule has 184 valence electrons. The van der Waals surface area contributed by atoms with Crippen LogP contribution in [0.4, 0.5) is 14.6 Å². The topological polar surface area (TPSA) is 72.8 Å². The van der Waals surface area contributed by atoms with Gasteiger partial charge >= 0.3 is 6.01 Å². The van der Waals surface area contributed by atoms with Crippen LogP contribution in [0.2, 0.25) is 5.15 Å². The van der Waals surface area contributed by atoms with Crippen molar-refractivity contribution in [1.29, 1.82) is 0 Å². The number of fused-ring (bicyclic) bond motifs is 2. The van der Waals surface area contributed by atoms with Gasteiger partial charge in [-0.2, -0.15) is 15.0 Å². The van der Waals surface area contributed by atoms with Crippen molar-refractivity contribution in [1.82, 2.24) is 19.9 Å². The maximum Gasteiger partial charge on any atom is 0.319 e. The molecule has 1 aliphatic carbocycles. The van der Waals surface area contributed by atoms with Crippen LogP contribution in [-0.2, 0) is 4.74 Å². The molecule has 0 spiro atoms. The minimum atomic E-state index is -0.862. The zero-order valence-electron chi connectivity index (χ0n) is 18.9. The molecule has 3 aliphatic heterocycles. The first-order valence-electron chi connectivity index (χ1n) is 12.1. The molecule has 34 heavy (non-hydrogen) atoms. The number of ether oxygens (including phenoxy) is 3. The average Bonchev–Trinajstić information content (AvgIpc) is 3.54. The summed E-state index contributed by atoms with van der Waals surface area (Å²) in [7, 11) is 0. The SMILES string of the molecule is Fc1c(Cl)nc(OC2CC2)c2c(N3CCCOCC3)nc(OC[C@@]34CCCN3C[C@H](F)C4)nc12. The van der Waals surface area contributed by atoms with Gasteiger partial charge in [0.25, 0.3) is 0 Å². The molecule has 11 heteroatoms. The smallest absolute Gasteiger partial charge is 0.319 e. The number of hydrogen-bond acceptors (Lipinski definition) is 8. The van der Waals surface area contributed by atoms with E-state index in [1.807, 2.05) is 4.90 Å². The molecule has 2 atom stereocenters. The zero-order valence-corrected chi connectivity index (χ0v) is 19.7. The molecule has 0 aromatic carbocycles. The Bertz CT molecular complexity index is 1080. The fourth-order valence-electron chi connectivity index (χ4n) is 5.40. The lowest BCUT2D eigenvalue weighted by molar-refractivity contribution is 0.107. The van der Waals surface area contributed by atoms with E-state index < -0.39 is 12.0 Å². The van der Waals surface area contributed by atoms with Crippen molar-refractivity contribution >= 4 is 28.3 Å². The van der Waals surface area contributed by atoms with Crippen LogP contribution in [0.15, 0.2) is 0 Å². The lowest BCUT2D eigenvalue weighted by Gasteiger charge is -2.31. The van der Waals surface area contributed by atoms with Gasteiger partial charge in [-0.15, -0.1) is 0 Å². The van der Waals surface area contributed by atoms with Crippen LogP contribution in [0, 0.1) is 5.82 Å². The Morgan fingerprint density at radius 1 is 1.12 bits per heavy atom. The Kier molecular flexibility index (Phi) is 5.85. The highest BCUT2D eigenvalue weighted by molar-refractivity contribution is 6.30. The highest BCUT2D eigenvalue weighted by atomic mass is 35.5. The van der Waals surface area contributed by atoms with Gasteiger partial charge in [-0.1, -0.05) is 11.6 Å². The van der Waals surface area contributed by atoms with Crippen molar-refractivity contribution in [2.24, 2.45) is 0 Å². The van der Waals surface area contributed by atoms with E-state index in [0.29, 0.717) is 50.5 Å². The van der Waals surface area contributed by atoms with Crippen LogP contribution >= 0.6 is 11.6 Å². The first-order valence-corrected chi connectivity index (χ1v) is 12.5. The van der Waals surface area contributed by atoms with Gasteiger partial charge in [0.1, 0.15) is 35.6 Å². The minimum Gasteiger partial charge on any atom is -0.474 e. The molecule has 4 aliphatic rings. The number of aromatic nitrogens is 3. The summed E-state index contributed by atoms with van der Waals surface area (Å²) < 4.78 is 47.1. The fraction of sp³-hybridized carbons (Fsp3) is 0.696. The molecule has 0 radical (unpaired) electrons. The van der Waals surface area contributed by atoms with E-state index in [2.05, 4.69) is 14.9 Å². The standard InChI is InChI=1S/C23H28ClF2N5O3/c24-19-17(26)18-16(21(28-19)34-15-3-4-15)20(30-6-2-9-32-10-8-30)29-22(27-18)33-13-23-5-1-7-31(23)12-14(25)11-23/h14-15H,1-13H2/t14-,23+/m1/s1. The Hall–Kier alpha value is -2.04. The number of rotatable bonds is 6. The highest BCUT2D eigenvalue weighted by Gasteiger charge is 2.49. The number of alkyl halides is 1. The molecule has 3 saturated heterocycles. The maximum atomic E-state index is 15.2. The number of hydrogen-bond donors (Lipinski definition) is 0. The van der Waals surface area contributed by atoms with Crippen LogP contribution in [0.1, 0.15) is 38.5 Å². The molecule has 1 saturated carbocycles. The third-order valence-electron chi connectivity index (χ3n) is 7.23. The molecule has 8 nitrogen and oxygen atoms in total. The van der Waals surface area contributed by atoms with Gasteiger partial charge in [-0.25, -0.2) is 8.78 Å². The highest BCUT2D eigenvalue weighted by Crippen LogP contribution is 2.42. The van der Waals surface area contributed by atoms with Crippen molar-refractivity contribution in [2.75, 3.05) is 50.9 Å². The van der Waals surface area contributed by atoms with Gasteiger partial charge in [0.15, 0.2) is 11.0 Å². The minimum absolute atomic E-state index is 0.0244. The van der Waals surface area contributed by atoms with Gasteiger partial charge in [-0.3, -0.25) is 4.90 Å². The summed E-state index contributed by atoms with van der Waals surface area (Å²) in [6.07, 6.45) is 4.12. The van der Waals surface area contributed by atoms with Gasteiger partial charge in [0.2, 0.25) is 5.88 Å². The summed E-state index contributed by atoms with van der Waals surface area (Å²) in [5.74, 6) is 0.0109. The van der Waals surface area contributed by atoms with Gasteiger partial charge < -0.3 is 19.1 Å². The molecule has 4 fully saturated rings. The van der Waals surface area contributed by atoms with E-state index in [4.69, 9.17) is 30.8 Å². The Morgan fingerprint density at radius 3 is 2.85 bits per heavy atom. The molecule has 5 heterocycles. The van der Waals surface area contributed by atoms with Crippen molar-refractivity contribution in [2.45, 2.75) is 56.3 Å². The second-order valence-electron chi connectivity index (χ2n) is 9.71. The van der Waals surface area contributed by atoms with E-state index in [9.17, 15) is 4.39 Å². The van der Waals surface area contributed by atoms with Crippen LogP contribution in [0.25, 0.3) is 10.9 Å². The van der Waals surface area contributed by atoms with Gasteiger partial charge in [0.05, 0.1) is 12.1 Å². The molecule has 0 bridgehead atoms. The molecular formula is C23H28ClF2N5O3. The predicted octanol–water partition coefficient (Wildman–Crippen LogP) is 3.54. The lowest BCUT2D eigenvalue weighted by atomic mass is 9.95. The quantitative estimate of drug-likeness (QED) is 0.563. The van der Waals surface area contributed by atoms with Crippen LogP contribution < -0.4 is 14.4 Å². The Morgan fingerprint density at radius 2 is 2.00 bits per heavy atom. The number of nitrogens with zero attached hydrogens (tertiary/aromatic N) is 5. The number of halogens is 3. The molecule has 0 amide bonds. The summed E-state index contributed by atoms with van der Waals surface area (Å²) in [4.78, 5) is 17.5. The first-order chi connectivity index (χ1) is 16.5. The van der Waals surface area contributed by atoms with E-state index in [-0.39, 0.29) is 40.8 Å². The van der Waals surface area contributed by atoms with Crippen LogP contribution in [0.5, 0.6) is 11.9 Å². The van der Waals surface area contributed by atoms with Gasteiger partial charge in [-0.05, 0) is 38.6 Å². The summed E-state index contributed by atoms with van der Waals surface area (Å²) in [6.45, 7) is 3.99. The summed E-state index contributed by atoms with van der Waals surface area (Å²) >= 11 is 6.13. The third kappa shape index (κ3) is 4.13. The fourth-order valence-corrected chi connectivity index (χ4v) is 5.57. The van der Waals surface area contributed by atoms with Crippen molar-refractivity contribution < 1.29 is 23.0 Å². The molecule has 2 aromatic heterocycles. The van der Waals surface area contributed by atoms with E-state index in [0.717, 1.165) is 38.6 Å². The normalized spacial score (nSPS) is 27.7. The maximum absolute atomic E-state index is 15.2. The molecule has 6 rings (SSSR count). The van der Waals surface area contributed by atoms with Crippen molar-refractivity contribution in [3.63, 3.8) is 0 Å². The van der Waals surface area contributed by atoms with Crippen LogP contribution in [0.3, 0.4) is 0 Å². The van der Waals surface area contributed by atoms with Crippen molar-refractivity contribution in [3.8, 4) is 11.9 Å². The average molecular weight is 496 g/mol. The molecule has 0 unspecified atom stereocenters. The molecule has 0 N–H and O–H groups in total. The van der Waals surface area contributed by atoms with Crippen molar-refractivity contribution in [3.05, 3.63) is 11.0 Å². The summed E-state index contributed by atoms with van der Waals surface area (Å²) in [5.41, 5.74) is -0.334. The van der Waals surface area contributed by atoms with Crippen LogP contribution in [-0.4, -0.2) is 83.7 Å².